The van der Waals surface area contributed by atoms with Crippen LogP contribution in [0.1, 0.15) is 40.8 Å². The smallest absolute Gasteiger partial charge is 0.459 e. The van der Waals surface area contributed by atoms with Crippen LogP contribution in [0.2, 0.25) is 0 Å². The summed E-state index contributed by atoms with van der Waals surface area (Å²) in [5.41, 5.74) is 4.12. The molecule has 2 aromatic heterocycles. The molecule has 1 fully saturated rings. The summed E-state index contributed by atoms with van der Waals surface area (Å²) in [6, 6.07) is 7.00. The van der Waals surface area contributed by atoms with Gasteiger partial charge in [0, 0.05) is 0 Å². The van der Waals surface area contributed by atoms with Gasteiger partial charge in [-0.15, -0.1) is 0 Å². The van der Waals surface area contributed by atoms with Crippen LogP contribution in [-0.2, 0) is 23.4 Å². The molecule has 0 radical (unpaired) electrons. The topological polar surface area (TPSA) is 182 Å². The van der Waals surface area contributed by atoms with Gasteiger partial charge in [-0.1, -0.05) is 18.2 Å². The third kappa shape index (κ3) is 6.76. The minimum atomic E-state index is -4.31. The molecule has 0 saturated carbocycles. The maximum Gasteiger partial charge on any atom is 0.459 e. The summed E-state index contributed by atoms with van der Waals surface area (Å²) < 4.78 is 58.4. The van der Waals surface area contributed by atoms with Crippen molar-refractivity contribution in [2.45, 2.75) is 70.9 Å². The molecule has 6 atom stereocenters. The number of alkyl halides is 1. The largest absolute Gasteiger partial charge is 0.476 e. The van der Waals surface area contributed by atoms with Crippen LogP contribution in [0.4, 0.5) is 10.3 Å². The van der Waals surface area contributed by atoms with Gasteiger partial charge < -0.3 is 29.6 Å². The summed E-state index contributed by atoms with van der Waals surface area (Å²) in [7, 11) is -4.31. The maximum absolute atomic E-state index is 15.6. The molecule has 1 aliphatic heterocycles. The highest BCUT2D eigenvalue weighted by molar-refractivity contribution is 7.52. The first-order valence-electron chi connectivity index (χ1n) is 13.0. The van der Waals surface area contributed by atoms with Gasteiger partial charge in [0.2, 0.25) is 11.8 Å². The number of imidazole rings is 1. The number of hydrogen-bond donors (Lipinski definition) is 3. The number of fused-ring (bicyclic) bond motifs is 1. The van der Waals surface area contributed by atoms with Crippen molar-refractivity contribution in [3.63, 3.8) is 0 Å². The van der Waals surface area contributed by atoms with E-state index in [9.17, 15) is 14.5 Å². The van der Waals surface area contributed by atoms with E-state index in [2.05, 4.69) is 20.0 Å². The van der Waals surface area contributed by atoms with E-state index in [1.165, 1.54) is 36.9 Å². The Balaban J connectivity index is 1.56. The van der Waals surface area contributed by atoms with E-state index < -0.39 is 56.6 Å². The number of nitrogens with two attached hydrogens (primary N) is 1. The van der Waals surface area contributed by atoms with E-state index in [1.807, 2.05) is 0 Å². The first kappa shape index (κ1) is 30.6. The van der Waals surface area contributed by atoms with Crippen molar-refractivity contribution >= 4 is 30.8 Å². The minimum Gasteiger partial charge on any atom is -0.476 e. The number of anilines is 1. The Hall–Kier alpha value is -3.36. The van der Waals surface area contributed by atoms with Gasteiger partial charge in [-0.05, 0) is 46.8 Å². The van der Waals surface area contributed by atoms with Crippen LogP contribution in [0.3, 0.4) is 0 Å². The minimum absolute atomic E-state index is 0.118. The van der Waals surface area contributed by atoms with E-state index >= 15 is 4.39 Å². The Bertz CT molecular complexity index is 1410. The standard InChI is InChI=1S/C25H34FN6O8P/c1-6-36-21-18-20(29-24(27)30-21)32(13-28-18)23-25(5,34)19(26)17(39-23)12-37-41(35,40-16-10-8-7-9-11-16)31-15(4)22(33)38-14(2)3/h7-11,13-15,17,19,23,34H,6,12H2,1-5H3,(H,31,35)(H2,27,29,30)/t15?,17-,19-,23-,25-,41?/m1/s1. The van der Waals surface area contributed by atoms with Crippen LogP contribution in [0.15, 0.2) is 36.7 Å². The molecule has 4 N–H and O–H groups in total. The third-order valence-corrected chi connectivity index (χ3v) is 7.71. The molecule has 224 valence electrons. The number of hydrogen-bond acceptors (Lipinski definition) is 12. The first-order chi connectivity index (χ1) is 19.3. The number of nitrogens with one attached hydrogen (secondary N) is 1. The van der Waals surface area contributed by atoms with Gasteiger partial charge in [0.1, 0.15) is 23.5 Å². The molecular weight excluding hydrogens is 562 g/mol. The summed E-state index contributed by atoms with van der Waals surface area (Å²) in [6.45, 7) is 7.43. The van der Waals surface area contributed by atoms with Crippen molar-refractivity contribution < 1.29 is 42.1 Å². The van der Waals surface area contributed by atoms with Crippen LogP contribution < -0.4 is 20.1 Å². The van der Waals surface area contributed by atoms with E-state index in [-0.39, 0.29) is 35.3 Å². The predicted molar refractivity (Wildman–Crippen MR) is 145 cm³/mol. The summed E-state index contributed by atoms with van der Waals surface area (Å²) in [5, 5.41) is 13.7. The average Bonchev–Trinajstić information content (AvgIpc) is 3.41. The zero-order valence-corrected chi connectivity index (χ0v) is 24.2. The number of carbonyl (C=O) groups is 1. The van der Waals surface area contributed by atoms with Crippen molar-refractivity contribution in [1.82, 2.24) is 24.6 Å². The van der Waals surface area contributed by atoms with E-state index in [4.69, 9.17) is 29.0 Å². The van der Waals surface area contributed by atoms with Gasteiger partial charge in [0.25, 0.3) is 0 Å². The van der Waals surface area contributed by atoms with Gasteiger partial charge in [0.05, 0.1) is 25.6 Å². The van der Waals surface area contributed by atoms with Crippen LogP contribution in [0.5, 0.6) is 11.6 Å². The molecule has 1 saturated heterocycles. The van der Waals surface area contributed by atoms with Gasteiger partial charge in [-0.25, -0.2) is 13.9 Å². The lowest BCUT2D eigenvalue weighted by Crippen LogP contribution is -2.42. The van der Waals surface area contributed by atoms with Crippen molar-refractivity contribution in [2.24, 2.45) is 0 Å². The number of esters is 1. The summed E-state index contributed by atoms with van der Waals surface area (Å²) in [4.78, 5) is 24.8. The van der Waals surface area contributed by atoms with E-state index in [0.717, 1.165) is 0 Å². The lowest BCUT2D eigenvalue weighted by atomic mass is 9.98. The number of aliphatic hydroxyl groups is 1. The molecular formula is C25H34FN6O8P. The number of nitrogens with zero attached hydrogens (tertiary/aromatic N) is 4. The van der Waals surface area contributed by atoms with Gasteiger partial charge >= 0.3 is 13.7 Å². The van der Waals surface area contributed by atoms with Crippen LogP contribution in [0.25, 0.3) is 11.2 Å². The number of para-hydroxylation sites is 1. The van der Waals surface area contributed by atoms with Crippen molar-refractivity contribution in [3.05, 3.63) is 36.7 Å². The Morgan fingerprint density at radius 1 is 1.29 bits per heavy atom. The second-order valence-corrected chi connectivity index (χ2v) is 11.5. The summed E-state index contributed by atoms with van der Waals surface area (Å²) in [6.07, 6.45) is -3.87. The number of halogens is 1. The molecule has 1 aromatic carbocycles. The highest BCUT2D eigenvalue weighted by Gasteiger charge is 2.55. The monoisotopic (exact) mass is 596 g/mol. The van der Waals surface area contributed by atoms with Crippen LogP contribution in [0, 0.1) is 0 Å². The molecule has 41 heavy (non-hydrogen) atoms. The number of rotatable bonds is 12. The highest BCUT2D eigenvalue weighted by Crippen LogP contribution is 2.48. The Morgan fingerprint density at radius 2 is 2.00 bits per heavy atom. The molecule has 0 amide bonds. The van der Waals surface area contributed by atoms with Crippen molar-refractivity contribution in [3.8, 4) is 11.6 Å². The van der Waals surface area contributed by atoms with Gasteiger partial charge in [0.15, 0.2) is 23.6 Å². The zero-order valence-electron chi connectivity index (χ0n) is 23.3. The molecule has 3 heterocycles. The van der Waals surface area contributed by atoms with Crippen LogP contribution in [-0.4, -0.2) is 73.8 Å². The summed E-state index contributed by atoms with van der Waals surface area (Å²) in [5.74, 6) is -0.511. The highest BCUT2D eigenvalue weighted by atomic mass is 31.2. The van der Waals surface area contributed by atoms with Crippen molar-refractivity contribution in [2.75, 3.05) is 18.9 Å². The molecule has 0 bridgehead atoms. The molecule has 14 nitrogen and oxygen atoms in total. The second kappa shape index (κ2) is 12.2. The maximum atomic E-state index is 15.6. The molecule has 3 aromatic rings. The molecule has 4 rings (SSSR count). The van der Waals surface area contributed by atoms with Gasteiger partial charge in [-0.2, -0.15) is 15.1 Å². The number of aromatic nitrogens is 4. The van der Waals surface area contributed by atoms with Crippen molar-refractivity contribution in [1.29, 1.82) is 0 Å². The van der Waals surface area contributed by atoms with Crippen LogP contribution >= 0.6 is 7.75 Å². The Morgan fingerprint density at radius 3 is 2.66 bits per heavy atom. The lowest BCUT2D eigenvalue weighted by Gasteiger charge is -2.26. The normalized spacial score (nSPS) is 24.7. The molecule has 0 spiro atoms. The Labute approximate surface area is 235 Å². The summed E-state index contributed by atoms with van der Waals surface area (Å²) >= 11 is 0. The predicted octanol–water partition coefficient (Wildman–Crippen LogP) is 2.93. The fraction of sp³-hybridized carbons (Fsp3) is 0.520. The number of nitrogen functional groups attached to an aromatic ring is 1. The third-order valence-electron chi connectivity index (χ3n) is 6.06. The SMILES string of the molecule is CCOc1nc(N)nc2c1ncn2[C@@H]1O[C@H](COP(=O)(NC(C)C(=O)OC(C)C)Oc2ccccc2)[C@@H](F)[C@@]1(C)O. The second-order valence-electron chi connectivity index (χ2n) is 9.83. The number of carbonyl (C=O) groups excluding carboxylic acids is 1. The fourth-order valence-corrected chi connectivity index (χ4v) is 5.68. The zero-order chi connectivity index (χ0) is 29.9. The lowest BCUT2D eigenvalue weighted by molar-refractivity contribution is -0.149. The quantitative estimate of drug-likeness (QED) is 0.205. The number of benzene rings is 1. The van der Waals surface area contributed by atoms with E-state index in [0.29, 0.717) is 0 Å². The molecule has 2 unspecified atom stereocenters. The number of ether oxygens (including phenoxy) is 3. The van der Waals surface area contributed by atoms with E-state index in [1.54, 1.807) is 39.0 Å². The Kier molecular flexibility index (Phi) is 9.14. The van der Waals surface area contributed by atoms with Gasteiger partial charge in [-0.3, -0.25) is 13.9 Å². The molecule has 1 aliphatic rings. The molecule has 0 aliphatic carbocycles. The average molecular weight is 597 g/mol. The molecule has 16 heteroatoms. The first-order valence-corrected chi connectivity index (χ1v) is 14.5. The fourth-order valence-electron chi connectivity index (χ4n) is 4.18.